The molecule has 0 spiro atoms. The van der Waals surface area contributed by atoms with Crippen molar-refractivity contribution in [1.82, 2.24) is 4.90 Å². The van der Waals surface area contributed by atoms with E-state index >= 15 is 0 Å². The lowest BCUT2D eigenvalue weighted by molar-refractivity contribution is -0.117. The van der Waals surface area contributed by atoms with Crippen molar-refractivity contribution in [2.24, 2.45) is 0 Å². The number of carbonyl (C=O) groups excluding carboxylic acids is 2. The molecule has 1 heterocycles. The van der Waals surface area contributed by atoms with E-state index in [1.165, 1.54) is 0 Å². The van der Waals surface area contributed by atoms with Gasteiger partial charge >= 0.3 is 0 Å². The first-order valence-electron chi connectivity index (χ1n) is 9.98. The molecule has 2 amide bonds. The standard InChI is InChI=1S/C21H33N3O2/c1-4-12-23(13-5-2)14-7-9-21(26)22-19-10-11-20-18(16-19)8-6-15-24(20)17(3)25/h10-11,16H,4-9,12-15H2,1-3H3,(H,22,26). The van der Waals surface area contributed by atoms with Gasteiger partial charge in [-0.25, -0.2) is 0 Å². The van der Waals surface area contributed by atoms with Crippen LogP contribution >= 0.6 is 0 Å². The summed E-state index contributed by atoms with van der Waals surface area (Å²) in [5.74, 6) is 0.142. The number of aryl methyl sites for hydroxylation is 1. The summed E-state index contributed by atoms with van der Waals surface area (Å²) in [6.45, 7) is 9.95. The quantitative estimate of drug-likeness (QED) is 0.729. The van der Waals surface area contributed by atoms with Crippen molar-refractivity contribution in [3.8, 4) is 0 Å². The molecule has 0 unspecified atom stereocenters. The van der Waals surface area contributed by atoms with Crippen LogP contribution in [0.1, 0.15) is 58.4 Å². The number of nitrogens with zero attached hydrogens (tertiary/aromatic N) is 2. The van der Waals surface area contributed by atoms with Crippen LogP contribution in [0.15, 0.2) is 18.2 Å². The van der Waals surface area contributed by atoms with Crippen LogP contribution in [-0.2, 0) is 16.0 Å². The number of hydrogen-bond donors (Lipinski definition) is 1. The Morgan fingerprint density at radius 1 is 1.15 bits per heavy atom. The summed E-state index contributed by atoms with van der Waals surface area (Å²) >= 11 is 0. The molecule has 1 N–H and O–H groups in total. The third kappa shape index (κ3) is 5.84. The maximum Gasteiger partial charge on any atom is 0.224 e. The normalized spacial score (nSPS) is 13.6. The Hall–Kier alpha value is -1.88. The van der Waals surface area contributed by atoms with E-state index in [2.05, 4.69) is 24.1 Å². The van der Waals surface area contributed by atoms with E-state index < -0.39 is 0 Å². The predicted octanol–water partition coefficient (Wildman–Crippen LogP) is 3.83. The molecule has 0 bridgehead atoms. The van der Waals surface area contributed by atoms with Crippen LogP contribution in [0.5, 0.6) is 0 Å². The van der Waals surface area contributed by atoms with Crippen LogP contribution < -0.4 is 10.2 Å². The average Bonchev–Trinajstić information content (AvgIpc) is 2.61. The highest BCUT2D eigenvalue weighted by molar-refractivity contribution is 5.94. The fourth-order valence-electron chi connectivity index (χ4n) is 3.66. The summed E-state index contributed by atoms with van der Waals surface area (Å²) in [6.07, 6.45) is 5.65. The summed E-state index contributed by atoms with van der Waals surface area (Å²) in [5, 5.41) is 3.01. The van der Waals surface area contributed by atoms with Gasteiger partial charge in [0.1, 0.15) is 0 Å². The van der Waals surface area contributed by atoms with Crippen molar-refractivity contribution in [3.63, 3.8) is 0 Å². The molecule has 1 aliphatic rings. The zero-order valence-electron chi connectivity index (χ0n) is 16.5. The van der Waals surface area contributed by atoms with Gasteiger partial charge in [0.25, 0.3) is 0 Å². The van der Waals surface area contributed by atoms with Gasteiger partial charge in [0, 0.05) is 31.3 Å². The average molecular weight is 360 g/mol. The number of nitrogens with one attached hydrogen (secondary N) is 1. The lowest BCUT2D eigenvalue weighted by Gasteiger charge is -2.29. The second-order valence-corrected chi connectivity index (χ2v) is 7.11. The lowest BCUT2D eigenvalue weighted by atomic mass is 10.0. The minimum Gasteiger partial charge on any atom is -0.326 e. The molecule has 5 nitrogen and oxygen atoms in total. The molecule has 1 aromatic carbocycles. The Morgan fingerprint density at radius 3 is 2.54 bits per heavy atom. The Balaban J connectivity index is 1.86. The summed E-state index contributed by atoms with van der Waals surface area (Å²) < 4.78 is 0. The summed E-state index contributed by atoms with van der Waals surface area (Å²) in [6, 6.07) is 5.87. The molecule has 1 aromatic rings. The molecule has 0 aromatic heterocycles. The molecular weight excluding hydrogens is 326 g/mol. The van der Waals surface area contributed by atoms with Crippen molar-refractivity contribution < 1.29 is 9.59 Å². The molecule has 26 heavy (non-hydrogen) atoms. The number of benzene rings is 1. The molecule has 0 radical (unpaired) electrons. The highest BCUT2D eigenvalue weighted by atomic mass is 16.2. The number of amides is 2. The van der Waals surface area contributed by atoms with Crippen LogP contribution in [0.3, 0.4) is 0 Å². The zero-order valence-corrected chi connectivity index (χ0v) is 16.5. The topological polar surface area (TPSA) is 52.7 Å². The van der Waals surface area contributed by atoms with Gasteiger partial charge in [0.15, 0.2) is 0 Å². The molecule has 0 fully saturated rings. The molecule has 0 saturated heterocycles. The van der Waals surface area contributed by atoms with Crippen molar-refractivity contribution in [1.29, 1.82) is 0 Å². The van der Waals surface area contributed by atoms with Gasteiger partial charge in [-0.2, -0.15) is 0 Å². The minimum atomic E-state index is 0.0668. The number of hydrogen-bond acceptors (Lipinski definition) is 3. The third-order valence-electron chi connectivity index (χ3n) is 4.82. The van der Waals surface area contributed by atoms with Crippen molar-refractivity contribution in [2.75, 3.05) is 36.4 Å². The fourth-order valence-corrected chi connectivity index (χ4v) is 3.66. The van der Waals surface area contributed by atoms with Crippen LogP contribution in [-0.4, -0.2) is 42.9 Å². The smallest absolute Gasteiger partial charge is 0.224 e. The van der Waals surface area contributed by atoms with Crippen molar-refractivity contribution in [2.45, 2.75) is 59.3 Å². The second-order valence-electron chi connectivity index (χ2n) is 7.11. The van der Waals surface area contributed by atoms with Crippen LogP contribution in [0.25, 0.3) is 0 Å². The summed E-state index contributed by atoms with van der Waals surface area (Å²) in [7, 11) is 0. The van der Waals surface area contributed by atoms with Gasteiger partial charge in [-0.05, 0) is 75.5 Å². The maximum atomic E-state index is 12.3. The summed E-state index contributed by atoms with van der Waals surface area (Å²) in [4.78, 5) is 28.3. The van der Waals surface area contributed by atoms with Gasteiger partial charge < -0.3 is 15.1 Å². The second kappa shape index (κ2) is 10.3. The summed E-state index contributed by atoms with van der Waals surface area (Å²) in [5.41, 5.74) is 2.95. The largest absolute Gasteiger partial charge is 0.326 e. The van der Waals surface area contributed by atoms with Gasteiger partial charge in [0.2, 0.25) is 11.8 Å². The van der Waals surface area contributed by atoms with E-state index in [4.69, 9.17) is 0 Å². The molecule has 144 valence electrons. The first-order chi connectivity index (χ1) is 12.5. The SMILES string of the molecule is CCCN(CCC)CCCC(=O)Nc1ccc2c(c1)CCCN2C(C)=O. The Morgan fingerprint density at radius 2 is 1.88 bits per heavy atom. The molecule has 0 aliphatic carbocycles. The molecule has 2 rings (SSSR count). The first-order valence-corrected chi connectivity index (χ1v) is 9.98. The fraction of sp³-hybridized carbons (Fsp3) is 0.619. The van der Waals surface area contributed by atoms with Crippen molar-refractivity contribution in [3.05, 3.63) is 23.8 Å². The monoisotopic (exact) mass is 359 g/mol. The zero-order chi connectivity index (χ0) is 18.9. The maximum absolute atomic E-state index is 12.3. The van der Waals surface area contributed by atoms with E-state index in [1.807, 2.05) is 23.1 Å². The number of rotatable bonds is 9. The number of anilines is 2. The van der Waals surface area contributed by atoms with Gasteiger partial charge in [0.05, 0.1) is 0 Å². The molecular formula is C21H33N3O2. The first kappa shape index (κ1) is 20.4. The van der Waals surface area contributed by atoms with Crippen molar-refractivity contribution >= 4 is 23.2 Å². The number of carbonyl (C=O) groups is 2. The molecule has 5 heteroatoms. The highest BCUT2D eigenvalue weighted by Crippen LogP contribution is 2.29. The Bertz CT molecular complexity index is 609. The van der Waals surface area contributed by atoms with Gasteiger partial charge in [-0.15, -0.1) is 0 Å². The van der Waals surface area contributed by atoms with Gasteiger partial charge in [-0.1, -0.05) is 13.8 Å². The number of fused-ring (bicyclic) bond motifs is 1. The third-order valence-corrected chi connectivity index (χ3v) is 4.82. The van der Waals surface area contributed by atoms with E-state index in [1.54, 1.807) is 6.92 Å². The molecule has 0 atom stereocenters. The Labute approximate surface area is 157 Å². The lowest BCUT2D eigenvalue weighted by Crippen LogP contribution is -2.33. The van der Waals surface area contributed by atoms with E-state index in [0.717, 1.165) is 75.2 Å². The van der Waals surface area contributed by atoms with Gasteiger partial charge in [-0.3, -0.25) is 9.59 Å². The minimum absolute atomic E-state index is 0.0668. The van der Waals surface area contributed by atoms with E-state index in [9.17, 15) is 9.59 Å². The molecule has 0 saturated carbocycles. The Kier molecular flexibility index (Phi) is 8.10. The predicted molar refractivity (Wildman–Crippen MR) is 108 cm³/mol. The van der Waals surface area contributed by atoms with Crippen LogP contribution in [0, 0.1) is 0 Å². The van der Waals surface area contributed by atoms with Crippen LogP contribution in [0.2, 0.25) is 0 Å². The highest BCUT2D eigenvalue weighted by Gasteiger charge is 2.20. The molecule has 1 aliphatic heterocycles. The van der Waals surface area contributed by atoms with Crippen LogP contribution in [0.4, 0.5) is 11.4 Å². The van der Waals surface area contributed by atoms with E-state index in [0.29, 0.717) is 6.42 Å². The van der Waals surface area contributed by atoms with E-state index in [-0.39, 0.29) is 11.8 Å².